The minimum absolute atomic E-state index is 0.0831. The fourth-order valence-electron chi connectivity index (χ4n) is 3.04. The summed E-state index contributed by atoms with van der Waals surface area (Å²) < 4.78 is 125. The van der Waals surface area contributed by atoms with Gasteiger partial charge in [0.2, 0.25) is 0 Å². The Morgan fingerprint density at radius 3 is 2.09 bits per heavy atom. The number of hydrogen-bond donors (Lipinski definition) is 2. The Balaban J connectivity index is 2.31. The van der Waals surface area contributed by atoms with Crippen molar-refractivity contribution in [1.82, 2.24) is 9.44 Å². The third kappa shape index (κ3) is 5.98. The van der Waals surface area contributed by atoms with E-state index in [0.717, 1.165) is 6.08 Å². The monoisotopic (exact) mass is 508 g/mol. The second-order valence-electron chi connectivity index (χ2n) is 6.92. The summed E-state index contributed by atoms with van der Waals surface area (Å²) in [5.74, 6) is 0. The summed E-state index contributed by atoms with van der Waals surface area (Å²) in [6.07, 6.45) is 3.51. The zero-order valence-electron chi connectivity index (χ0n) is 16.1. The quantitative estimate of drug-likeness (QED) is 0.423. The molecule has 1 fully saturated rings. The molecule has 0 bridgehead atoms. The van der Waals surface area contributed by atoms with Crippen molar-refractivity contribution in [3.05, 3.63) is 36.1 Å². The van der Waals surface area contributed by atoms with Crippen LogP contribution in [0.15, 0.2) is 46.1 Å². The fraction of sp³-hybridized carbons (Fsp3) is 0.500. The van der Waals surface area contributed by atoms with E-state index in [1.54, 1.807) is 0 Å². The maximum atomic E-state index is 12.7. The third-order valence-electron chi connectivity index (χ3n) is 4.56. The summed E-state index contributed by atoms with van der Waals surface area (Å²) in [7, 11) is -11.5. The smallest absolute Gasteiger partial charge is 0.296 e. The molecule has 0 amide bonds. The van der Waals surface area contributed by atoms with Crippen molar-refractivity contribution < 1.29 is 43.2 Å². The number of allylic oxidation sites excluding steroid dienone is 4. The van der Waals surface area contributed by atoms with Gasteiger partial charge in [-0.1, -0.05) is 12.7 Å². The van der Waals surface area contributed by atoms with Gasteiger partial charge in [-0.3, -0.25) is 14.7 Å². The lowest BCUT2D eigenvalue weighted by atomic mass is 9.87. The van der Waals surface area contributed by atoms with E-state index in [2.05, 4.69) is 23.3 Å². The van der Waals surface area contributed by atoms with Crippen molar-refractivity contribution >= 4 is 32.5 Å². The first-order valence-electron chi connectivity index (χ1n) is 8.77. The Bertz CT molecular complexity index is 1070. The van der Waals surface area contributed by atoms with Crippen molar-refractivity contribution in [3.8, 4) is 0 Å². The number of aliphatic imine (C=N–C) groups is 2. The van der Waals surface area contributed by atoms with Gasteiger partial charge < -0.3 is 0 Å². The van der Waals surface area contributed by atoms with Crippen LogP contribution in [-0.4, -0.2) is 58.4 Å². The third-order valence-corrected chi connectivity index (χ3v) is 6.88. The van der Waals surface area contributed by atoms with Gasteiger partial charge >= 0.3 is 31.1 Å². The number of nitrogens with zero attached hydrogens (tertiary/aromatic N) is 2. The molecular weight excluding hydrogens is 490 g/mol. The minimum atomic E-state index is -5.77. The number of alkyl halides is 6. The molecule has 32 heavy (non-hydrogen) atoms. The molecule has 2 aliphatic carbocycles. The van der Waals surface area contributed by atoms with Crippen LogP contribution in [0.25, 0.3) is 0 Å². The van der Waals surface area contributed by atoms with E-state index in [4.69, 9.17) is 0 Å². The van der Waals surface area contributed by atoms with Gasteiger partial charge in [0.1, 0.15) is 0 Å². The number of halogens is 6. The molecule has 3 atom stereocenters. The van der Waals surface area contributed by atoms with Gasteiger partial charge in [0.15, 0.2) is 0 Å². The lowest BCUT2D eigenvalue weighted by Crippen LogP contribution is -2.50. The first-order chi connectivity index (χ1) is 14.5. The van der Waals surface area contributed by atoms with Crippen LogP contribution >= 0.6 is 0 Å². The summed E-state index contributed by atoms with van der Waals surface area (Å²) in [4.78, 5) is 7.77. The molecule has 0 aliphatic heterocycles. The molecule has 0 heterocycles. The second kappa shape index (κ2) is 8.97. The van der Waals surface area contributed by atoms with Crippen molar-refractivity contribution in [2.45, 2.75) is 48.4 Å². The van der Waals surface area contributed by atoms with Gasteiger partial charge in [-0.05, 0) is 43.7 Å². The largest absolute Gasteiger partial charge is 0.516 e. The van der Waals surface area contributed by atoms with Crippen LogP contribution in [0.2, 0.25) is 0 Å². The second-order valence-corrected chi connectivity index (χ2v) is 10.3. The lowest BCUT2D eigenvalue weighted by molar-refractivity contribution is -0.0456. The highest BCUT2D eigenvalue weighted by molar-refractivity contribution is 7.90. The van der Waals surface area contributed by atoms with E-state index in [1.807, 2.05) is 0 Å². The Hall–Kier alpha value is -2.20. The molecule has 180 valence electrons. The average Bonchev–Trinajstić information content (AvgIpc) is 2.62. The predicted molar refractivity (Wildman–Crippen MR) is 105 cm³/mol. The van der Waals surface area contributed by atoms with Gasteiger partial charge in [-0.25, -0.2) is 13.1 Å². The first-order valence-corrected chi connectivity index (χ1v) is 11.7. The highest BCUT2D eigenvalue weighted by atomic mass is 32.2. The number of rotatable bonds is 6. The number of nitrogens with one attached hydrogen (secondary N) is 2. The standard InChI is InChI=1S/C16H18F6N4O4S2/c1-9-3-5-12(13(7-9)25-31(27,28)15(17,18)19)24-10-4-6-11(23-2)14(8-10)26-32(29,30)16(20,21)22/h3,5,7,10-11,14,25-26H,1-2,4,6,8H2. The minimum Gasteiger partial charge on any atom is -0.296 e. The van der Waals surface area contributed by atoms with E-state index in [9.17, 15) is 43.2 Å². The van der Waals surface area contributed by atoms with Gasteiger partial charge in [0, 0.05) is 6.04 Å². The molecule has 8 nitrogen and oxygen atoms in total. The van der Waals surface area contributed by atoms with Crippen LogP contribution < -0.4 is 9.44 Å². The van der Waals surface area contributed by atoms with Crippen LogP contribution in [-0.2, 0) is 20.0 Å². The molecule has 16 heteroatoms. The normalized spacial score (nSPS) is 26.7. The molecule has 1 saturated carbocycles. The van der Waals surface area contributed by atoms with Crippen LogP contribution in [0.5, 0.6) is 0 Å². The van der Waals surface area contributed by atoms with Crippen LogP contribution in [0.1, 0.15) is 19.3 Å². The van der Waals surface area contributed by atoms with Crippen molar-refractivity contribution in [3.63, 3.8) is 0 Å². The highest BCUT2D eigenvalue weighted by Crippen LogP contribution is 2.29. The molecule has 2 aliphatic rings. The Morgan fingerprint density at radius 2 is 1.56 bits per heavy atom. The molecule has 2 rings (SSSR count). The summed E-state index contributed by atoms with van der Waals surface area (Å²) in [6.45, 7) is 6.73. The van der Waals surface area contributed by atoms with E-state index in [-0.39, 0.29) is 30.5 Å². The average molecular weight is 508 g/mol. The van der Waals surface area contributed by atoms with Crippen LogP contribution in [0.4, 0.5) is 26.3 Å². The summed E-state index contributed by atoms with van der Waals surface area (Å²) in [5, 5.41) is 0. The van der Waals surface area contributed by atoms with E-state index >= 15 is 0 Å². The molecule has 2 N–H and O–H groups in total. The Morgan fingerprint density at radius 1 is 0.969 bits per heavy atom. The van der Waals surface area contributed by atoms with Gasteiger partial charge in [-0.2, -0.15) is 34.8 Å². The Labute approximate surface area is 180 Å². The predicted octanol–water partition coefficient (Wildman–Crippen LogP) is 2.31. The molecule has 0 saturated heterocycles. The zero-order valence-corrected chi connectivity index (χ0v) is 17.7. The summed E-state index contributed by atoms with van der Waals surface area (Å²) >= 11 is 0. The van der Waals surface area contributed by atoms with Crippen LogP contribution in [0.3, 0.4) is 0 Å². The first kappa shape index (κ1) is 26.1. The highest BCUT2D eigenvalue weighted by Gasteiger charge is 2.49. The summed E-state index contributed by atoms with van der Waals surface area (Å²) in [5.41, 5.74) is -11.8. The fourth-order valence-corrected chi connectivity index (χ4v) is 4.39. The molecular formula is C16H18F6N4O4S2. The van der Waals surface area contributed by atoms with E-state index in [0.29, 0.717) is 0 Å². The van der Waals surface area contributed by atoms with Gasteiger partial charge in [-0.15, -0.1) is 0 Å². The van der Waals surface area contributed by atoms with Crippen LogP contribution in [0, 0.1) is 0 Å². The molecule has 0 aromatic rings. The molecule has 0 aromatic heterocycles. The van der Waals surface area contributed by atoms with E-state index in [1.165, 1.54) is 21.6 Å². The maximum Gasteiger partial charge on any atom is 0.516 e. The zero-order chi connectivity index (χ0) is 24.5. The van der Waals surface area contributed by atoms with Crippen molar-refractivity contribution in [1.29, 1.82) is 0 Å². The van der Waals surface area contributed by atoms with Crippen molar-refractivity contribution in [2.75, 3.05) is 0 Å². The molecule has 3 unspecified atom stereocenters. The topological polar surface area (TPSA) is 117 Å². The Kier molecular flexibility index (Phi) is 7.31. The van der Waals surface area contributed by atoms with E-state index < -0.39 is 54.9 Å². The van der Waals surface area contributed by atoms with Gasteiger partial charge in [0.05, 0.1) is 23.5 Å². The molecule has 0 spiro atoms. The lowest BCUT2D eigenvalue weighted by Gasteiger charge is -2.33. The summed E-state index contributed by atoms with van der Waals surface area (Å²) in [6, 6.07) is -3.06. The SMILES string of the molecule is C=NC1CCC(N=C2C=CC(=C)C=C2NS(=O)(=O)C(F)(F)F)CC1NS(=O)(=O)C(F)(F)F. The number of hydrogen-bond acceptors (Lipinski definition) is 6. The molecule has 0 aromatic carbocycles. The maximum absolute atomic E-state index is 12.7. The molecule has 0 radical (unpaired) electrons. The van der Waals surface area contributed by atoms with Gasteiger partial charge in [0.25, 0.3) is 0 Å². The van der Waals surface area contributed by atoms with Crippen molar-refractivity contribution in [2.24, 2.45) is 9.98 Å². The number of sulfonamides is 2.